The lowest BCUT2D eigenvalue weighted by Gasteiger charge is -2.16. The molecule has 0 atom stereocenters. The third-order valence-electron chi connectivity index (χ3n) is 4.64. The maximum absolute atomic E-state index is 3.45. The van der Waals surface area contributed by atoms with Crippen LogP contribution in [0.1, 0.15) is 43.0 Å². The average molecular weight is 279 g/mol. The molecule has 0 amide bonds. The van der Waals surface area contributed by atoms with Gasteiger partial charge >= 0.3 is 0 Å². The molecular formula is C20H25N. The molecule has 3 rings (SSSR count). The minimum absolute atomic E-state index is 1.08. The smallest absolute Gasteiger partial charge is 0.0373 e. The second-order valence-electron chi connectivity index (χ2n) is 5.90. The topological polar surface area (TPSA) is 12.0 Å². The Bertz CT molecular complexity index is 630. The van der Waals surface area contributed by atoms with Crippen LogP contribution in [-0.2, 0) is 25.7 Å². The van der Waals surface area contributed by atoms with Crippen LogP contribution in [0.5, 0.6) is 0 Å². The van der Waals surface area contributed by atoms with Gasteiger partial charge in [0, 0.05) is 12.2 Å². The highest BCUT2D eigenvalue weighted by Crippen LogP contribution is 2.34. The molecule has 0 unspecified atom stereocenters. The molecule has 1 nitrogen and oxygen atoms in total. The van der Waals surface area contributed by atoms with Gasteiger partial charge in [-0.2, -0.15) is 0 Å². The predicted molar refractivity (Wildman–Crippen MR) is 92.2 cm³/mol. The van der Waals surface area contributed by atoms with E-state index in [1.807, 2.05) is 0 Å². The van der Waals surface area contributed by atoms with E-state index in [1.165, 1.54) is 39.1 Å². The Morgan fingerprint density at radius 1 is 0.905 bits per heavy atom. The molecule has 1 heteroatoms. The zero-order valence-corrected chi connectivity index (χ0v) is 13.4. The van der Waals surface area contributed by atoms with Crippen molar-refractivity contribution in [3.8, 4) is 11.1 Å². The van der Waals surface area contributed by atoms with Crippen molar-refractivity contribution in [3.63, 3.8) is 0 Å². The monoisotopic (exact) mass is 279 g/mol. The first-order chi connectivity index (χ1) is 10.3. The van der Waals surface area contributed by atoms with E-state index in [-0.39, 0.29) is 0 Å². The fourth-order valence-corrected chi connectivity index (χ4v) is 3.43. The Morgan fingerprint density at radius 3 is 2.24 bits per heavy atom. The molecule has 0 bridgehead atoms. The Labute approximate surface area is 128 Å². The van der Waals surface area contributed by atoms with Gasteiger partial charge in [0.15, 0.2) is 0 Å². The van der Waals surface area contributed by atoms with Gasteiger partial charge in [-0.15, -0.1) is 0 Å². The van der Waals surface area contributed by atoms with Crippen LogP contribution in [0, 0.1) is 0 Å². The molecule has 0 aliphatic carbocycles. The molecule has 1 aliphatic rings. The summed E-state index contributed by atoms with van der Waals surface area (Å²) in [5.41, 5.74) is 10.1. The number of hydrogen-bond donors (Lipinski definition) is 1. The first-order valence-corrected chi connectivity index (χ1v) is 8.28. The first kappa shape index (κ1) is 14.2. The summed E-state index contributed by atoms with van der Waals surface area (Å²) in [7, 11) is 0. The Hall–Kier alpha value is -1.76. The van der Waals surface area contributed by atoms with Crippen molar-refractivity contribution >= 4 is 5.69 Å². The van der Waals surface area contributed by atoms with Crippen LogP contribution in [0.4, 0.5) is 5.69 Å². The van der Waals surface area contributed by atoms with Gasteiger partial charge in [-0.1, -0.05) is 39.0 Å². The summed E-state index contributed by atoms with van der Waals surface area (Å²) in [4.78, 5) is 0. The Kier molecular flexibility index (Phi) is 4.01. The molecule has 0 fully saturated rings. The first-order valence-electron chi connectivity index (χ1n) is 8.28. The minimum Gasteiger partial charge on any atom is -0.384 e. The summed E-state index contributed by atoms with van der Waals surface area (Å²) >= 11 is 0. The van der Waals surface area contributed by atoms with Crippen LogP contribution in [0.3, 0.4) is 0 Å². The van der Waals surface area contributed by atoms with Gasteiger partial charge < -0.3 is 5.32 Å². The maximum Gasteiger partial charge on any atom is 0.0373 e. The van der Waals surface area contributed by atoms with E-state index in [4.69, 9.17) is 0 Å². The third-order valence-corrected chi connectivity index (χ3v) is 4.64. The average Bonchev–Trinajstić information content (AvgIpc) is 3.00. The van der Waals surface area contributed by atoms with Crippen LogP contribution in [0.25, 0.3) is 11.1 Å². The van der Waals surface area contributed by atoms with E-state index < -0.39 is 0 Å². The molecular weight excluding hydrogens is 254 g/mol. The molecule has 2 aromatic rings. The van der Waals surface area contributed by atoms with Crippen LogP contribution in [-0.4, -0.2) is 6.54 Å². The highest BCUT2D eigenvalue weighted by atomic mass is 14.9. The molecule has 0 spiro atoms. The summed E-state index contributed by atoms with van der Waals surface area (Å²) < 4.78 is 0. The van der Waals surface area contributed by atoms with Gasteiger partial charge in [-0.05, 0) is 71.2 Å². The summed E-state index contributed by atoms with van der Waals surface area (Å²) in [6.07, 6.45) is 4.48. The van der Waals surface area contributed by atoms with E-state index in [0.29, 0.717) is 0 Å². The molecule has 1 aliphatic heterocycles. The van der Waals surface area contributed by atoms with Crippen molar-refractivity contribution in [2.75, 3.05) is 11.9 Å². The number of anilines is 1. The zero-order chi connectivity index (χ0) is 14.8. The van der Waals surface area contributed by atoms with Gasteiger partial charge in [-0.3, -0.25) is 0 Å². The van der Waals surface area contributed by atoms with Crippen molar-refractivity contribution in [3.05, 3.63) is 52.6 Å². The number of nitrogens with one attached hydrogen (secondary N) is 1. The normalized spacial score (nSPS) is 13.1. The second-order valence-corrected chi connectivity index (χ2v) is 5.90. The summed E-state index contributed by atoms with van der Waals surface area (Å²) in [5, 5.41) is 3.45. The summed E-state index contributed by atoms with van der Waals surface area (Å²) in [5.74, 6) is 0. The quantitative estimate of drug-likeness (QED) is 0.829. The highest BCUT2D eigenvalue weighted by molar-refractivity contribution is 5.75. The van der Waals surface area contributed by atoms with Crippen LogP contribution < -0.4 is 5.32 Å². The van der Waals surface area contributed by atoms with Crippen LogP contribution in [0.15, 0.2) is 30.3 Å². The molecule has 110 valence electrons. The maximum atomic E-state index is 3.45. The molecule has 0 aromatic heterocycles. The van der Waals surface area contributed by atoms with Gasteiger partial charge in [0.2, 0.25) is 0 Å². The van der Waals surface area contributed by atoms with Crippen molar-refractivity contribution in [2.24, 2.45) is 0 Å². The van der Waals surface area contributed by atoms with E-state index in [9.17, 15) is 0 Å². The molecule has 1 heterocycles. The molecule has 0 saturated heterocycles. The van der Waals surface area contributed by atoms with Gasteiger partial charge in [0.1, 0.15) is 0 Å². The predicted octanol–water partition coefficient (Wildman–Crippen LogP) is 5.01. The van der Waals surface area contributed by atoms with E-state index in [1.54, 1.807) is 0 Å². The SMILES string of the molecule is CCc1cc(CC)c(-c2ccc3c(c2)CCN3)c(CC)c1. The molecule has 0 saturated carbocycles. The number of hydrogen-bond acceptors (Lipinski definition) is 1. The summed E-state index contributed by atoms with van der Waals surface area (Å²) in [6.45, 7) is 7.86. The molecule has 2 aromatic carbocycles. The van der Waals surface area contributed by atoms with E-state index in [0.717, 1.165) is 32.2 Å². The largest absolute Gasteiger partial charge is 0.384 e. The Balaban J connectivity index is 2.16. The van der Waals surface area contributed by atoms with Crippen LogP contribution >= 0.6 is 0 Å². The summed E-state index contributed by atoms with van der Waals surface area (Å²) in [6, 6.07) is 11.7. The highest BCUT2D eigenvalue weighted by Gasteiger charge is 2.15. The van der Waals surface area contributed by atoms with Gasteiger partial charge in [-0.25, -0.2) is 0 Å². The standard InChI is InChI=1S/C20H25N/c1-4-14-11-15(5-2)20(16(6-3)12-14)18-7-8-19-17(13-18)9-10-21-19/h7-8,11-13,21H,4-6,9-10H2,1-3H3. The fourth-order valence-electron chi connectivity index (χ4n) is 3.43. The van der Waals surface area contributed by atoms with Crippen molar-refractivity contribution in [1.29, 1.82) is 0 Å². The lowest BCUT2D eigenvalue weighted by atomic mass is 9.88. The lowest BCUT2D eigenvalue weighted by Crippen LogP contribution is -1.98. The Morgan fingerprint density at radius 2 is 1.62 bits per heavy atom. The molecule has 1 N–H and O–H groups in total. The van der Waals surface area contributed by atoms with Crippen molar-refractivity contribution in [1.82, 2.24) is 0 Å². The number of benzene rings is 2. The van der Waals surface area contributed by atoms with Gasteiger partial charge in [0.05, 0.1) is 0 Å². The number of aryl methyl sites for hydroxylation is 3. The lowest BCUT2D eigenvalue weighted by molar-refractivity contribution is 1.05. The number of rotatable bonds is 4. The third kappa shape index (κ3) is 2.57. The fraction of sp³-hybridized carbons (Fsp3) is 0.400. The second kappa shape index (κ2) is 5.93. The van der Waals surface area contributed by atoms with E-state index in [2.05, 4.69) is 56.4 Å². The van der Waals surface area contributed by atoms with Crippen molar-refractivity contribution in [2.45, 2.75) is 46.5 Å². The zero-order valence-electron chi connectivity index (χ0n) is 13.4. The van der Waals surface area contributed by atoms with Crippen molar-refractivity contribution < 1.29 is 0 Å². The van der Waals surface area contributed by atoms with E-state index >= 15 is 0 Å². The number of fused-ring (bicyclic) bond motifs is 1. The molecule has 0 radical (unpaired) electrons. The van der Waals surface area contributed by atoms with Crippen LogP contribution in [0.2, 0.25) is 0 Å². The van der Waals surface area contributed by atoms with Gasteiger partial charge in [0.25, 0.3) is 0 Å². The molecule has 21 heavy (non-hydrogen) atoms. The minimum atomic E-state index is 1.08.